The first-order chi connectivity index (χ1) is 22.6. The fraction of sp³-hybridized carbons (Fsp3) is 0.966. The van der Waals surface area contributed by atoms with Gasteiger partial charge in [-0.2, -0.15) is 0 Å². The average molecular weight is 703 g/mol. The van der Waals surface area contributed by atoms with Gasteiger partial charge < -0.3 is 88.6 Å². The van der Waals surface area contributed by atoms with Gasteiger partial charge in [-0.3, -0.25) is 4.79 Å². The largest absolute Gasteiger partial charge is 0.454 e. The van der Waals surface area contributed by atoms with E-state index in [0.29, 0.717) is 6.42 Å². The van der Waals surface area contributed by atoms with Crippen LogP contribution in [0.4, 0.5) is 0 Å². The third kappa shape index (κ3) is 8.45. The van der Waals surface area contributed by atoms with Crippen LogP contribution in [-0.2, 0) is 47.4 Å². The van der Waals surface area contributed by atoms with Crippen LogP contribution in [-0.4, -0.2) is 188 Å². The molecule has 0 radical (unpaired) electrons. The second-order valence-electron chi connectivity index (χ2n) is 12.5. The Morgan fingerprint density at radius 3 is 1.69 bits per heavy atom. The maximum Gasteiger partial charge on any atom is 0.303 e. The van der Waals surface area contributed by atoms with Crippen LogP contribution in [0.25, 0.3) is 0 Å². The van der Waals surface area contributed by atoms with Gasteiger partial charge in [-0.25, -0.2) is 0 Å². The van der Waals surface area contributed by atoms with Crippen molar-refractivity contribution in [3.05, 3.63) is 0 Å². The van der Waals surface area contributed by atoms with Crippen LogP contribution in [0.1, 0.15) is 41.0 Å². The van der Waals surface area contributed by atoms with Crippen LogP contribution in [0.5, 0.6) is 0 Å². The molecule has 4 fully saturated rings. The maximum atomic E-state index is 12.0. The smallest absolute Gasteiger partial charge is 0.303 e. The Hall–Kier alpha value is -1.21. The number of hydrogen-bond donors (Lipinski definition) is 9. The topological polar surface area (TPSA) is 282 Å². The summed E-state index contributed by atoms with van der Waals surface area (Å²) in [5.74, 6) is -0.734. The van der Waals surface area contributed by atoms with Crippen molar-refractivity contribution in [2.75, 3.05) is 13.2 Å². The van der Waals surface area contributed by atoms with Gasteiger partial charge in [0.1, 0.15) is 73.2 Å². The van der Waals surface area contributed by atoms with Crippen LogP contribution in [0.2, 0.25) is 0 Å². The second-order valence-corrected chi connectivity index (χ2v) is 12.5. The summed E-state index contributed by atoms with van der Waals surface area (Å²) in [5, 5.41) is 95.2. The molecule has 20 atom stereocenters. The zero-order valence-corrected chi connectivity index (χ0v) is 27.3. The Balaban J connectivity index is 1.57. The molecule has 4 saturated heterocycles. The molecule has 48 heavy (non-hydrogen) atoms. The van der Waals surface area contributed by atoms with Crippen molar-refractivity contribution in [2.24, 2.45) is 0 Å². The van der Waals surface area contributed by atoms with E-state index >= 15 is 0 Å². The van der Waals surface area contributed by atoms with Gasteiger partial charge >= 0.3 is 5.97 Å². The minimum absolute atomic E-state index is 0.221. The third-order valence-electron chi connectivity index (χ3n) is 8.84. The molecule has 0 aromatic rings. The van der Waals surface area contributed by atoms with Crippen LogP contribution in [0.3, 0.4) is 0 Å². The van der Waals surface area contributed by atoms with Crippen molar-refractivity contribution in [3.8, 4) is 0 Å². The number of aliphatic hydroxyl groups is 9. The maximum absolute atomic E-state index is 12.0. The molecule has 0 aromatic carbocycles. The highest BCUT2D eigenvalue weighted by Gasteiger charge is 2.55. The summed E-state index contributed by atoms with van der Waals surface area (Å²) in [4.78, 5) is 12.0. The van der Waals surface area contributed by atoms with Gasteiger partial charge in [-0.1, -0.05) is 6.92 Å². The lowest BCUT2D eigenvalue weighted by Crippen LogP contribution is -2.67. The summed E-state index contributed by atoms with van der Waals surface area (Å²) in [6, 6.07) is 0. The molecule has 0 saturated carbocycles. The zero-order valence-electron chi connectivity index (χ0n) is 27.3. The van der Waals surface area contributed by atoms with Gasteiger partial charge in [0.05, 0.1) is 24.9 Å². The first-order valence-corrected chi connectivity index (χ1v) is 16.0. The number of esters is 1. The fourth-order valence-electron chi connectivity index (χ4n) is 6.00. The molecule has 0 bridgehead atoms. The number of carbonyl (C=O) groups is 1. The molecule has 4 rings (SSSR count). The summed E-state index contributed by atoms with van der Waals surface area (Å²) >= 11 is 0. The molecule has 19 nitrogen and oxygen atoms in total. The van der Waals surface area contributed by atoms with Crippen LogP contribution in [0.15, 0.2) is 0 Å². The molecule has 0 aliphatic carbocycles. The molecule has 9 N–H and O–H groups in total. The van der Waals surface area contributed by atoms with Gasteiger partial charge in [-0.05, 0) is 27.2 Å². The van der Waals surface area contributed by atoms with E-state index in [1.165, 1.54) is 13.8 Å². The number of hydrogen-bond acceptors (Lipinski definition) is 19. The van der Waals surface area contributed by atoms with E-state index in [1.54, 1.807) is 6.92 Å². The summed E-state index contributed by atoms with van der Waals surface area (Å²) in [6.45, 7) is 6.84. The Labute approximate surface area is 276 Å². The summed E-state index contributed by atoms with van der Waals surface area (Å²) < 4.78 is 51.4. The van der Waals surface area contributed by atoms with Crippen molar-refractivity contribution in [2.45, 2.75) is 164 Å². The third-order valence-corrected chi connectivity index (χ3v) is 8.84. The highest BCUT2D eigenvalue weighted by atomic mass is 16.8. The lowest BCUT2D eigenvalue weighted by atomic mass is 9.96. The summed E-state index contributed by atoms with van der Waals surface area (Å²) in [7, 11) is 0. The molecule has 19 heteroatoms. The van der Waals surface area contributed by atoms with Crippen molar-refractivity contribution >= 4 is 5.97 Å². The van der Waals surface area contributed by atoms with Crippen molar-refractivity contribution in [1.29, 1.82) is 0 Å². The number of rotatable bonds is 11. The normalized spacial score (nSPS) is 50.2. The SMILES string of the molecule is CCCO[C@@H]1OC(C)[C@H](O)C(O[C@@H]2OC(C)[C@H](O)C(O)[C@@H]2O[C@@H]2OC(C)[C@H](O)C(O[C@H]3OC(CO)[C@@H](O)C(O)C3O)[C@@H]2O)[C@H]1OC(C)=O. The number of ether oxygens (including phenoxy) is 9. The van der Waals surface area contributed by atoms with Crippen LogP contribution >= 0.6 is 0 Å². The number of aliphatic hydroxyl groups excluding tert-OH is 9. The molecule has 0 amide bonds. The van der Waals surface area contributed by atoms with E-state index in [4.69, 9.17) is 42.6 Å². The first kappa shape index (κ1) is 39.6. The Kier molecular flexibility index (Phi) is 13.9. The molecule has 4 aliphatic heterocycles. The predicted molar refractivity (Wildman–Crippen MR) is 153 cm³/mol. The lowest BCUT2D eigenvalue weighted by Gasteiger charge is -2.49. The van der Waals surface area contributed by atoms with Gasteiger partial charge in [0.25, 0.3) is 0 Å². The summed E-state index contributed by atoms with van der Waals surface area (Å²) in [6.07, 6.45) is -29.5. The number of carbonyl (C=O) groups excluding carboxylic acids is 1. The molecule has 0 aromatic heterocycles. The lowest BCUT2D eigenvalue weighted by molar-refractivity contribution is -0.393. The minimum atomic E-state index is -1.89. The van der Waals surface area contributed by atoms with E-state index < -0.39 is 135 Å². The quantitative estimate of drug-likeness (QED) is 0.0915. The minimum Gasteiger partial charge on any atom is -0.454 e. The van der Waals surface area contributed by atoms with E-state index in [1.807, 2.05) is 6.92 Å². The molecule has 9 unspecified atom stereocenters. The van der Waals surface area contributed by atoms with E-state index in [9.17, 15) is 50.8 Å². The molecule has 4 aliphatic rings. The van der Waals surface area contributed by atoms with Gasteiger partial charge in [0.15, 0.2) is 31.3 Å². The highest BCUT2D eigenvalue weighted by Crippen LogP contribution is 2.35. The first-order valence-electron chi connectivity index (χ1n) is 16.0. The van der Waals surface area contributed by atoms with E-state index in [-0.39, 0.29) is 6.61 Å². The van der Waals surface area contributed by atoms with E-state index in [0.717, 1.165) is 6.92 Å². The molecular weight excluding hydrogens is 652 g/mol. The average Bonchev–Trinajstić information content (AvgIpc) is 3.04. The van der Waals surface area contributed by atoms with Crippen LogP contribution in [0, 0.1) is 0 Å². The monoisotopic (exact) mass is 702 g/mol. The molecule has 4 heterocycles. The van der Waals surface area contributed by atoms with Gasteiger partial charge in [0, 0.05) is 13.5 Å². The van der Waals surface area contributed by atoms with E-state index in [2.05, 4.69) is 0 Å². The van der Waals surface area contributed by atoms with Crippen molar-refractivity contribution in [1.82, 2.24) is 0 Å². The molecular formula is C29H50O19. The Bertz CT molecular complexity index is 1020. The Morgan fingerprint density at radius 1 is 0.562 bits per heavy atom. The fourth-order valence-corrected chi connectivity index (χ4v) is 6.00. The van der Waals surface area contributed by atoms with Gasteiger partial charge in [0.2, 0.25) is 0 Å². The molecule has 280 valence electrons. The molecule has 0 spiro atoms. The summed E-state index contributed by atoms with van der Waals surface area (Å²) in [5.41, 5.74) is 0. The second kappa shape index (κ2) is 16.9. The van der Waals surface area contributed by atoms with Crippen molar-refractivity contribution in [3.63, 3.8) is 0 Å². The van der Waals surface area contributed by atoms with Crippen LogP contribution < -0.4 is 0 Å². The predicted octanol–water partition coefficient (Wildman–Crippen LogP) is -4.66. The highest BCUT2D eigenvalue weighted by molar-refractivity contribution is 5.66. The zero-order chi connectivity index (χ0) is 35.6. The Morgan fingerprint density at radius 2 is 1.08 bits per heavy atom. The van der Waals surface area contributed by atoms with Gasteiger partial charge in [-0.15, -0.1) is 0 Å². The van der Waals surface area contributed by atoms with Crippen molar-refractivity contribution < 1.29 is 93.4 Å². The standard InChI is InChI=1S/C29H50O19/c1-6-7-40-28-25(44-12(5)31)23(16(34)11(4)42-28)47-29-24(19(37)14(32)9(2)43-29)48-27-21(39)22(15(33)10(3)41-27)46-26-20(38)18(36)17(35)13(8-30)45-26/h9-11,13-30,32-39H,6-8H2,1-5H3/t9?,10?,11?,13?,14-,15-,16-,17+,18?,19?,20?,21-,22?,23?,24-,25+,26+,27-,28+,29-/m0/s1.